The minimum Gasteiger partial charge on any atom is -2.00 e. The van der Waals surface area contributed by atoms with Crippen molar-refractivity contribution in [2.45, 2.75) is 0 Å². The van der Waals surface area contributed by atoms with Crippen molar-refractivity contribution in [3.05, 3.63) is 35.9 Å². The van der Waals surface area contributed by atoms with Crippen molar-refractivity contribution in [3.63, 3.8) is 0 Å². The van der Waals surface area contributed by atoms with E-state index in [2.05, 4.69) is 0 Å². The fourth-order valence-electron chi connectivity index (χ4n) is 0.574. The molecule has 1 aromatic rings. The normalized spacial score (nSPS) is 5.71. The van der Waals surface area contributed by atoms with Crippen LogP contribution in [0.3, 0.4) is 0 Å². The van der Waals surface area contributed by atoms with Crippen LogP contribution in [0.2, 0.25) is 0 Å². The minimum absolute atomic E-state index is 0. The molecular weight excluding hydrogens is 242 g/mol. The van der Waals surface area contributed by atoms with Gasteiger partial charge in [-0.15, -0.1) is 0 Å². The van der Waals surface area contributed by atoms with Gasteiger partial charge in [-0.3, -0.25) is 0 Å². The van der Waals surface area contributed by atoms with Gasteiger partial charge >= 0.3 is 80.8 Å². The van der Waals surface area contributed by atoms with Gasteiger partial charge in [-0.25, -0.2) is 0 Å². The first-order valence-electron chi connectivity index (χ1n) is 2.57. The molecule has 0 heterocycles. The predicted octanol–water partition coefficient (Wildman–Crippen LogP) is -6.18. The monoisotopic (exact) mass is 247 g/mol. The summed E-state index contributed by atoms with van der Waals surface area (Å²) in [4.78, 5) is 10.1. The Labute approximate surface area is 142 Å². The second-order valence-corrected chi connectivity index (χ2v) is 1.65. The molecule has 0 aromatic heterocycles. The smallest absolute Gasteiger partial charge is 2.00 e. The second kappa shape index (κ2) is 16.7. The summed E-state index contributed by atoms with van der Waals surface area (Å²) in [5, 5.41) is 10.1. The number of carboxylic acid groups (broad SMARTS) is 1. The van der Waals surface area contributed by atoms with Gasteiger partial charge in [0.1, 0.15) is 0 Å². The molecule has 0 unspecified atom stereocenters. The van der Waals surface area contributed by atoms with Crippen LogP contribution in [0.1, 0.15) is 10.4 Å². The summed E-state index contributed by atoms with van der Waals surface area (Å²) >= 11 is 0. The molecule has 0 aliphatic heterocycles. The molecule has 0 spiro atoms. The third kappa shape index (κ3) is 11.4. The van der Waals surface area contributed by atoms with Crippen molar-refractivity contribution in [2.75, 3.05) is 0 Å². The third-order valence-corrected chi connectivity index (χ3v) is 1.01. The third-order valence-electron chi connectivity index (χ3n) is 1.01. The van der Waals surface area contributed by atoms with Gasteiger partial charge in [0.2, 0.25) is 0 Å². The number of carbonyl (C=O) groups excluding carboxylic acids is 1. The molecule has 1 rings (SSSR count). The van der Waals surface area contributed by atoms with Gasteiger partial charge in [0, 0.05) is 0 Å². The topological polar surface area (TPSA) is 97.1 Å². The van der Waals surface area contributed by atoms with Crippen LogP contribution in [0.5, 0.6) is 0 Å². The van der Waals surface area contributed by atoms with E-state index in [-0.39, 0.29) is 97.3 Å². The number of aromatic carboxylic acids is 1. The van der Waals surface area contributed by atoms with E-state index in [1.165, 1.54) is 12.1 Å². The predicted molar refractivity (Wildman–Crippen MR) is 32.1 cm³/mol. The van der Waals surface area contributed by atoms with E-state index in [1.54, 1.807) is 18.2 Å². The maximum Gasteiger partial charge on any atom is 4.00 e. The summed E-state index contributed by atoms with van der Waals surface area (Å²) in [6.07, 6.45) is 0. The van der Waals surface area contributed by atoms with Crippen LogP contribution in [0.25, 0.3) is 0 Å². The van der Waals surface area contributed by atoms with Crippen molar-refractivity contribution < 1.29 is 102 Å². The molecule has 0 aliphatic rings. The van der Waals surface area contributed by atoms with Crippen molar-refractivity contribution in [1.29, 1.82) is 0 Å². The second-order valence-electron chi connectivity index (χ2n) is 1.65. The van der Waals surface area contributed by atoms with E-state index < -0.39 is 5.97 Å². The molecule has 0 saturated heterocycles. The zero-order valence-corrected chi connectivity index (χ0v) is 13.6. The molecule has 0 amide bonds. The van der Waals surface area contributed by atoms with Gasteiger partial charge < -0.3 is 20.9 Å². The van der Waals surface area contributed by atoms with Crippen LogP contribution in [0.15, 0.2) is 30.3 Å². The van der Waals surface area contributed by atoms with Crippen LogP contribution < -0.4 is 64.2 Å². The van der Waals surface area contributed by atoms with Crippen LogP contribution in [-0.4, -0.2) is 5.97 Å². The summed E-state index contributed by atoms with van der Waals surface area (Å²) in [7, 11) is 0. The molecule has 0 saturated carbocycles. The van der Waals surface area contributed by atoms with Gasteiger partial charge in [0.25, 0.3) is 0 Å². The van der Waals surface area contributed by atoms with Gasteiger partial charge in [-0.05, 0) is 5.56 Å². The molecule has 0 bridgehead atoms. The van der Waals surface area contributed by atoms with E-state index in [1.807, 2.05) is 0 Å². The number of hydrogen-bond donors (Lipinski definition) is 0. The molecular formula is C7H5Na2O4Ti+. The van der Waals surface area contributed by atoms with Crippen LogP contribution >= 0.6 is 0 Å². The number of carboxylic acids is 1. The van der Waals surface area contributed by atoms with Crippen LogP contribution in [0.4, 0.5) is 0 Å². The Morgan fingerprint density at radius 3 is 1.57 bits per heavy atom. The first-order valence-corrected chi connectivity index (χ1v) is 2.57. The van der Waals surface area contributed by atoms with Crippen molar-refractivity contribution in [3.8, 4) is 0 Å². The Morgan fingerprint density at radius 1 is 1.00 bits per heavy atom. The van der Waals surface area contributed by atoms with E-state index in [9.17, 15) is 9.90 Å². The molecule has 0 atom stereocenters. The zero-order valence-electron chi connectivity index (χ0n) is 8.02. The molecule has 7 heteroatoms. The number of carbonyl (C=O) groups is 1. The SMILES string of the molecule is O=C([O-])c1ccccc1.[Na+].[Na+].[O-2].[O-2].[Ti+4]. The molecule has 14 heavy (non-hydrogen) atoms. The zero-order chi connectivity index (χ0) is 6.69. The Kier molecular flexibility index (Phi) is 35.3. The van der Waals surface area contributed by atoms with E-state index in [0.29, 0.717) is 0 Å². The fraction of sp³-hybridized carbons (Fsp3) is 0. The standard InChI is InChI=1S/C7H6O2.2Na.2O.Ti/c8-7(9)6-4-2-1-3-5-6;;;;;/h1-5H,(H,8,9);;;;;/q;2*+1;2*-2;+4/p-1. The molecule has 1 aromatic carbocycles. The van der Waals surface area contributed by atoms with Crippen molar-refractivity contribution >= 4 is 5.97 Å². The van der Waals surface area contributed by atoms with Crippen molar-refractivity contribution in [1.82, 2.24) is 0 Å². The molecule has 0 N–H and O–H groups in total. The average molecular weight is 247 g/mol. The number of rotatable bonds is 1. The largest absolute Gasteiger partial charge is 4.00 e. The van der Waals surface area contributed by atoms with E-state index in [0.717, 1.165) is 0 Å². The Bertz CT molecular complexity index is 220. The summed E-state index contributed by atoms with van der Waals surface area (Å²) in [5.74, 6) is -1.13. The number of benzene rings is 1. The Hall–Kier alpha value is 1.32. The maximum absolute atomic E-state index is 10.1. The molecule has 0 aliphatic carbocycles. The Balaban J connectivity index is -0.0000000540. The summed E-state index contributed by atoms with van der Waals surface area (Å²) in [6, 6.07) is 8.06. The first kappa shape index (κ1) is 29.5. The molecule has 0 fully saturated rings. The van der Waals surface area contributed by atoms with Gasteiger partial charge in [0.05, 0.1) is 5.97 Å². The van der Waals surface area contributed by atoms with Crippen LogP contribution in [-0.2, 0) is 32.7 Å². The van der Waals surface area contributed by atoms with E-state index >= 15 is 0 Å². The molecule has 62 valence electrons. The van der Waals surface area contributed by atoms with Gasteiger partial charge in [-0.2, -0.15) is 0 Å². The van der Waals surface area contributed by atoms with E-state index in [4.69, 9.17) is 0 Å². The summed E-state index contributed by atoms with van der Waals surface area (Å²) in [6.45, 7) is 0. The fourth-order valence-corrected chi connectivity index (χ4v) is 0.574. The average Bonchev–Trinajstić information content (AvgIpc) is 1.90. The molecule has 4 nitrogen and oxygen atoms in total. The minimum atomic E-state index is -1.13. The van der Waals surface area contributed by atoms with Crippen molar-refractivity contribution in [2.24, 2.45) is 0 Å². The first-order chi connectivity index (χ1) is 4.30. The molecule has 0 radical (unpaired) electrons. The Morgan fingerprint density at radius 2 is 1.36 bits per heavy atom. The maximum atomic E-state index is 10.1. The quantitative estimate of drug-likeness (QED) is 0.461. The summed E-state index contributed by atoms with van der Waals surface area (Å²) < 4.78 is 0. The summed E-state index contributed by atoms with van der Waals surface area (Å²) in [5.41, 5.74) is 0.220. The van der Waals surface area contributed by atoms with Gasteiger partial charge in [0.15, 0.2) is 0 Å². The van der Waals surface area contributed by atoms with Crippen LogP contribution in [0, 0.1) is 0 Å². The number of hydrogen-bond acceptors (Lipinski definition) is 2. The van der Waals surface area contributed by atoms with Gasteiger partial charge in [-0.1, -0.05) is 30.3 Å².